The lowest BCUT2D eigenvalue weighted by Gasteiger charge is -2.02. The van der Waals surface area contributed by atoms with E-state index in [-0.39, 0.29) is 0 Å². The smallest absolute Gasteiger partial charge is 0.0305 e. The third-order valence-corrected chi connectivity index (χ3v) is 1.96. The first-order valence-electron chi connectivity index (χ1n) is 4.43. The van der Waals surface area contributed by atoms with Crippen molar-refractivity contribution in [3.05, 3.63) is 36.2 Å². The van der Waals surface area contributed by atoms with Crippen LogP contribution in [0.2, 0.25) is 0 Å². The Morgan fingerprint density at radius 1 is 1.58 bits per heavy atom. The van der Waals surface area contributed by atoms with Gasteiger partial charge in [0.05, 0.1) is 0 Å². The van der Waals surface area contributed by atoms with Crippen molar-refractivity contribution in [3.63, 3.8) is 0 Å². The van der Waals surface area contributed by atoms with E-state index < -0.39 is 0 Å². The van der Waals surface area contributed by atoms with Gasteiger partial charge in [-0.15, -0.1) is 0 Å². The molecule has 1 aromatic rings. The predicted molar refractivity (Wildman–Crippen MR) is 52.9 cm³/mol. The summed E-state index contributed by atoms with van der Waals surface area (Å²) in [4.78, 5) is 4.10. The molecule has 1 aromatic heterocycles. The Bertz CT molecular complexity index is 253. The van der Waals surface area contributed by atoms with Gasteiger partial charge in [0.1, 0.15) is 0 Å². The van der Waals surface area contributed by atoms with Crippen LogP contribution in [0.4, 0.5) is 0 Å². The van der Waals surface area contributed by atoms with Crippen LogP contribution in [0.3, 0.4) is 0 Å². The number of aryl methyl sites for hydroxylation is 1. The zero-order valence-corrected chi connectivity index (χ0v) is 7.59. The summed E-state index contributed by atoms with van der Waals surface area (Å²) < 4.78 is 0. The van der Waals surface area contributed by atoms with Crippen LogP contribution in [0.1, 0.15) is 30.9 Å². The third kappa shape index (κ3) is 2.19. The van der Waals surface area contributed by atoms with E-state index in [0.29, 0.717) is 0 Å². The molecular weight excluding hydrogens is 146 g/mol. The summed E-state index contributed by atoms with van der Waals surface area (Å²) in [5, 5.41) is 0. The second kappa shape index (κ2) is 4.70. The highest BCUT2D eigenvalue weighted by atomic mass is 14.6. The molecule has 0 atom stereocenters. The van der Waals surface area contributed by atoms with E-state index in [1.807, 2.05) is 24.5 Å². The zero-order chi connectivity index (χ0) is 8.81. The maximum atomic E-state index is 4.10. The van der Waals surface area contributed by atoms with Crippen LogP contribution >= 0.6 is 0 Å². The van der Waals surface area contributed by atoms with E-state index in [1.165, 1.54) is 24.0 Å². The van der Waals surface area contributed by atoms with Crippen molar-refractivity contribution in [1.82, 2.24) is 4.98 Å². The maximum Gasteiger partial charge on any atom is 0.0305 e. The molecule has 0 unspecified atom stereocenters. The van der Waals surface area contributed by atoms with E-state index in [0.717, 1.165) is 6.42 Å². The Hall–Kier alpha value is -1.11. The number of aromatic nitrogens is 1. The summed E-state index contributed by atoms with van der Waals surface area (Å²) in [6, 6.07) is 2.01. The van der Waals surface area contributed by atoms with Crippen molar-refractivity contribution in [3.8, 4) is 0 Å². The molecule has 1 heterocycles. The fourth-order valence-corrected chi connectivity index (χ4v) is 1.21. The zero-order valence-electron chi connectivity index (χ0n) is 7.59. The molecule has 64 valence electrons. The van der Waals surface area contributed by atoms with Gasteiger partial charge in [-0.1, -0.05) is 26.0 Å². The van der Waals surface area contributed by atoms with E-state index >= 15 is 0 Å². The van der Waals surface area contributed by atoms with E-state index in [2.05, 4.69) is 18.5 Å². The average Bonchev–Trinajstić information content (AvgIpc) is 2.15. The van der Waals surface area contributed by atoms with E-state index in [4.69, 9.17) is 0 Å². The monoisotopic (exact) mass is 161 g/mol. The first kappa shape index (κ1) is 8.98. The average molecular weight is 161 g/mol. The Morgan fingerprint density at radius 2 is 2.42 bits per heavy atom. The molecule has 1 heteroatoms. The lowest BCUT2D eigenvalue weighted by atomic mass is 10.1. The maximum absolute atomic E-state index is 4.10. The minimum absolute atomic E-state index is 1.12. The Labute approximate surface area is 74.2 Å². The normalized spacial score (nSPS) is 9.75. The van der Waals surface area contributed by atoms with Gasteiger partial charge in [0, 0.05) is 12.4 Å². The standard InChI is InChI=1S/C11H15N/c1-3-5-6-11-9-12-8-7-10(11)4-2/h4,7-9H,2-3,5-6H2,1H3. The number of pyridine rings is 1. The van der Waals surface area contributed by atoms with Gasteiger partial charge in [0.15, 0.2) is 0 Å². The SMILES string of the molecule is C=Cc1ccncc1CCCC. The Kier molecular flexibility index (Phi) is 3.52. The number of unbranched alkanes of at least 4 members (excludes halogenated alkanes) is 1. The summed E-state index contributed by atoms with van der Waals surface area (Å²) in [7, 11) is 0. The van der Waals surface area contributed by atoms with Crippen LogP contribution in [-0.4, -0.2) is 4.98 Å². The van der Waals surface area contributed by atoms with Crippen LogP contribution in [0.15, 0.2) is 25.0 Å². The van der Waals surface area contributed by atoms with Gasteiger partial charge in [0.2, 0.25) is 0 Å². The fourth-order valence-electron chi connectivity index (χ4n) is 1.21. The number of hydrogen-bond acceptors (Lipinski definition) is 1. The summed E-state index contributed by atoms with van der Waals surface area (Å²) in [5.74, 6) is 0. The number of hydrogen-bond donors (Lipinski definition) is 0. The van der Waals surface area contributed by atoms with Crippen LogP contribution in [0.25, 0.3) is 6.08 Å². The molecule has 0 radical (unpaired) electrons. The molecule has 1 rings (SSSR count). The molecule has 0 saturated carbocycles. The number of rotatable bonds is 4. The van der Waals surface area contributed by atoms with Gasteiger partial charge >= 0.3 is 0 Å². The largest absolute Gasteiger partial charge is 0.264 e. The second-order valence-corrected chi connectivity index (χ2v) is 2.88. The second-order valence-electron chi connectivity index (χ2n) is 2.88. The molecule has 0 N–H and O–H groups in total. The Balaban J connectivity index is 2.75. The van der Waals surface area contributed by atoms with Gasteiger partial charge in [-0.05, 0) is 30.0 Å². The van der Waals surface area contributed by atoms with Crippen LogP contribution in [-0.2, 0) is 6.42 Å². The highest BCUT2D eigenvalue weighted by molar-refractivity contribution is 5.50. The third-order valence-electron chi connectivity index (χ3n) is 1.96. The summed E-state index contributed by atoms with van der Waals surface area (Å²) in [5.41, 5.74) is 2.54. The van der Waals surface area contributed by atoms with Gasteiger partial charge in [-0.25, -0.2) is 0 Å². The highest BCUT2D eigenvalue weighted by Crippen LogP contribution is 2.11. The molecule has 0 aliphatic heterocycles. The quantitative estimate of drug-likeness (QED) is 0.661. The van der Waals surface area contributed by atoms with Crippen molar-refractivity contribution >= 4 is 6.08 Å². The van der Waals surface area contributed by atoms with Crippen molar-refractivity contribution in [1.29, 1.82) is 0 Å². The summed E-state index contributed by atoms with van der Waals surface area (Å²) in [6.45, 7) is 5.97. The topological polar surface area (TPSA) is 12.9 Å². The van der Waals surface area contributed by atoms with Crippen molar-refractivity contribution in [2.75, 3.05) is 0 Å². The summed E-state index contributed by atoms with van der Waals surface area (Å²) in [6.07, 6.45) is 9.22. The van der Waals surface area contributed by atoms with Gasteiger partial charge < -0.3 is 0 Å². The van der Waals surface area contributed by atoms with Gasteiger partial charge in [-0.3, -0.25) is 4.98 Å². The van der Waals surface area contributed by atoms with Crippen molar-refractivity contribution in [2.24, 2.45) is 0 Å². The molecule has 0 saturated heterocycles. The molecule has 1 nitrogen and oxygen atoms in total. The Morgan fingerprint density at radius 3 is 3.08 bits per heavy atom. The molecule has 0 bridgehead atoms. The van der Waals surface area contributed by atoms with Gasteiger partial charge in [0.25, 0.3) is 0 Å². The summed E-state index contributed by atoms with van der Waals surface area (Å²) >= 11 is 0. The molecule has 12 heavy (non-hydrogen) atoms. The van der Waals surface area contributed by atoms with Gasteiger partial charge in [-0.2, -0.15) is 0 Å². The predicted octanol–water partition coefficient (Wildman–Crippen LogP) is 3.07. The molecule has 0 aromatic carbocycles. The highest BCUT2D eigenvalue weighted by Gasteiger charge is 1.96. The minimum atomic E-state index is 1.12. The number of nitrogens with zero attached hydrogens (tertiary/aromatic N) is 1. The van der Waals surface area contributed by atoms with Crippen LogP contribution in [0.5, 0.6) is 0 Å². The molecular formula is C11H15N. The fraction of sp³-hybridized carbons (Fsp3) is 0.364. The minimum Gasteiger partial charge on any atom is -0.264 e. The lowest BCUT2D eigenvalue weighted by molar-refractivity contribution is 0.791. The molecule has 0 amide bonds. The van der Waals surface area contributed by atoms with Crippen LogP contribution < -0.4 is 0 Å². The van der Waals surface area contributed by atoms with Crippen molar-refractivity contribution in [2.45, 2.75) is 26.2 Å². The first-order chi connectivity index (χ1) is 5.88. The lowest BCUT2D eigenvalue weighted by Crippen LogP contribution is -1.89. The first-order valence-corrected chi connectivity index (χ1v) is 4.43. The molecule has 0 aliphatic carbocycles. The molecule has 0 spiro atoms. The van der Waals surface area contributed by atoms with E-state index in [9.17, 15) is 0 Å². The molecule has 0 aliphatic rings. The van der Waals surface area contributed by atoms with E-state index in [1.54, 1.807) is 0 Å². The van der Waals surface area contributed by atoms with Crippen molar-refractivity contribution < 1.29 is 0 Å². The molecule has 0 fully saturated rings. The van der Waals surface area contributed by atoms with Crippen LogP contribution in [0, 0.1) is 0 Å².